The molecule has 0 saturated carbocycles. The second-order valence-electron chi connectivity index (χ2n) is 6.64. The molecule has 0 unspecified atom stereocenters. The van der Waals surface area contributed by atoms with E-state index in [1.807, 2.05) is 0 Å². The molecule has 1 saturated heterocycles. The molecule has 1 fully saturated rings. The summed E-state index contributed by atoms with van der Waals surface area (Å²) in [6.07, 6.45) is 4.74. The average molecular weight is 382 g/mol. The molecule has 4 rings (SSSR count). The third-order valence-corrected chi connectivity index (χ3v) is 4.62. The fourth-order valence-electron chi connectivity index (χ4n) is 3.37. The normalized spacial score (nSPS) is 16.4. The van der Waals surface area contributed by atoms with Crippen LogP contribution in [0.2, 0.25) is 0 Å². The van der Waals surface area contributed by atoms with E-state index in [1.54, 1.807) is 24.9 Å². The van der Waals surface area contributed by atoms with Gasteiger partial charge in [-0.2, -0.15) is 0 Å². The highest BCUT2D eigenvalue weighted by Gasteiger charge is 2.34. The van der Waals surface area contributed by atoms with Gasteiger partial charge in [-0.3, -0.25) is 9.78 Å². The van der Waals surface area contributed by atoms with Crippen molar-refractivity contribution in [3.63, 3.8) is 0 Å². The Hall–Kier alpha value is -3.29. The van der Waals surface area contributed by atoms with Crippen LogP contribution in [-0.2, 0) is 0 Å². The van der Waals surface area contributed by atoms with Crippen molar-refractivity contribution in [2.45, 2.75) is 32.7 Å². The Morgan fingerprint density at radius 2 is 2.00 bits per heavy atom. The monoisotopic (exact) mass is 382 g/mol. The number of amides is 1. The molecule has 7 nitrogen and oxygen atoms in total. The molecule has 3 aromatic rings. The van der Waals surface area contributed by atoms with Crippen molar-refractivity contribution in [3.05, 3.63) is 65.5 Å². The van der Waals surface area contributed by atoms with Gasteiger partial charge in [0.05, 0.1) is 29.8 Å². The van der Waals surface area contributed by atoms with Gasteiger partial charge in [0.15, 0.2) is 5.89 Å². The number of halogens is 1. The third-order valence-electron chi connectivity index (χ3n) is 4.62. The molecule has 0 spiro atoms. The second-order valence-corrected chi connectivity index (χ2v) is 6.64. The number of nitrogens with zero attached hydrogens (tertiary/aromatic N) is 4. The van der Waals surface area contributed by atoms with Crippen molar-refractivity contribution in [2.75, 3.05) is 6.54 Å². The number of hydrogen-bond acceptors (Lipinski definition) is 6. The summed E-state index contributed by atoms with van der Waals surface area (Å²) >= 11 is 0. The highest BCUT2D eigenvalue weighted by atomic mass is 19.1. The summed E-state index contributed by atoms with van der Waals surface area (Å²) in [5.41, 5.74) is 1.21. The van der Waals surface area contributed by atoms with Gasteiger partial charge in [-0.05, 0) is 44.0 Å². The van der Waals surface area contributed by atoms with Crippen molar-refractivity contribution in [1.29, 1.82) is 0 Å². The Morgan fingerprint density at radius 3 is 2.71 bits per heavy atom. The molecule has 2 aromatic heterocycles. The lowest BCUT2D eigenvalue weighted by Gasteiger charge is -2.23. The number of carbonyl (C=O) groups is 1. The third kappa shape index (κ3) is 3.58. The van der Waals surface area contributed by atoms with Crippen LogP contribution in [0.25, 0.3) is 0 Å². The maximum Gasteiger partial charge on any atom is 0.292 e. The first kappa shape index (κ1) is 18.1. The maximum absolute atomic E-state index is 13.0. The molecule has 3 heterocycles. The van der Waals surface area contributed by atoms with Gasteiger partial charge in [-0.1, -0.05) is 0 Å². The van der Waals surface area contributed by atoms with Gasteiger partial charge in [0.2, 0.25) is 11.6 Å². The summed E-state index contributed by atoms with van der Waals surface area (Å²) < 4.78 is 24.2. The van der Waals surface area contributed by atoms with Gasteiger partial charge in [0, 0.05) is 13.5 Å². The zero-order chi connectivity index (χ0) is 19.7. The lowest BCUT2D eigenvalue weighted by Crippen LogP contribution is -2.31. The Balaban J connectivity index is 1.56. The van der Waals surface area contributed by atoms with Crippen LogP contribution < -0.4 is 4.74 Å². The minimum atomic E-state index is -0.342. The van der Waals surface area contributed by atoms with E-state index in [-0.39, 0.29) is 29.4 Å². The molecule has 0 N–H and O–H groups in total. The Morgan fingerprint density at radius 1 is 1.21 bits per heavy atom. The summed E-state index contributed by atoms with van der Waals surface area (Å²) in [6.45, 7) is 4.08. The fourth-order valence-corrected chi connectivity index (χ4v) is 3.37. The second kappa shape index (κ2) is 7.38. The molecule has 1 aromatic carbocycles. The van der Waals surface area contributed by atoms with E-state index in [0.29, 0.717) is 29.6 Å². The summed E-state index contributed by atoms with van der Waals surface area (Å²) in [4.78, 5) is 27.6. The minimum absolute atomic E-state index is 0.202. The smallest absolute Gasteiger partial charge is 0.292 e. The predicted octanol–water partition coefficient (Wildman–Crippen LogP) is 3.99. The van der Waals surface area contributed by atoms with E-state index in [4.69, 9.17) is 9.15 Å². The van der Waals surface area contributed by atoms with Gasteiger partial charge in [0.25, 0.3) is 5.91 Å². The average Bonchev–Trinajstić information content (AvgIpc) is 3.30. The summed E-state index contributed by atoms with van der Waals surface area (Å²) in [6, 6.07) is 5.44. The molecule has 1 atom stereocenters. The molecular weight excluding hydrogens is 363 g/mol. The molecule has 1 aliphatic heterocycles. The first-order valence-electron chi connectivity index (χ1n) is 9.01. The first-order valence-corrected chi connectivity index (χ1v) is 9.01. The largest absolute Gasteiger partial charge is 0.437 e. The topological polar surface area (TPSA) is 81.4 Å². The van der Waals surface area contributed by atoms with E-state index < -0.39 is 0 Å². The van der Waals surface area contributed by atoms with Crippen molar-refractivity contribution in [3.8, 4) is 11.6 Å². The van der Waals surface area contributed by atoms with E-state index in [0.717, 1.165) is 12.8 Å². The number of oxazole rings is 1. The summed E-state index contributed by atoms with van der Waals surface area (Å²) in [5, 5.41) is 0. The molecule has 1 amide bonds. The molecule has 28 heavy (non-hydrogen) atoms. The minimum Gasteiger partial charge on any atom is -0.437 e. The molecule has 0 bridgehead atoms. The van der Waals surface area contributed by atoms with E-state index >= 15 is 0 Å². The molecular formula is C20H19FN4O3. The standard InChI is InChI=1S/C20H19FN4O3/c1-12-19(27-13(2)23-12)20(26)25-9-3-4-17(25)16-10-22-11-18(24-16)28-15-7-5-14(21)6-8-15/h5-8,10-11,17H,3-4,9H2,1-2H3/t17-/m0/s1. The van der Waals surface area contributed by atoms with Crippen LogP contribution >= 0.6 is 0 Å². The van der Waals surface area contributed by atoms with Crippen LogP contribution in [0.1, 0.15) is 46.7 Å². The van der Waals surface area contributed by atoms with Crippen molar-refractivity contribution in [1.82, 2.24) is 19.9 Å². The first-order chi connectivity index (χ1) is 13.5. The predicted molar refractivity (Wildman–Crippen MR) is 97.5 cm³/mol. The van der Waals surface area contributed by atoms with Gasteiger partial charge < -0.3 is 14.1 Å². The quantitative estimate of drug-likeness (QED) is 0.679. The molecule has 1 aliphatic rings. The SMILES string of the molecule is Cc1nc(C)c(C(=O)N2CCC[C@H]2c2cncc(Oc3ccc(F)cc3)n2)o1. The number of benzene rings is 1. The van der Waals surface area contributed by atoms with E-state index in [9.17, 15) is 9.18 Å². The molecule has 0 radical (unpaired) electrons. The number of aromatic nitrogens is 3. The van der Waals surface area contributed by atoms with E-state index in [2.05, 4.69) is 15.0 Å². The maximum atomic E-state index is 13.0. The van der Waals surface area contributed by atoms with Crippen LogP contribution in [0, 0.1) is 19.7 Å². The van der Waals surface area contributed by atoms with Gasteiger partial charge in [-0.25, -0.2) is 14.4 Å². The number of likely N-dealkylation sites (tertiary alicyclic amines) is 1. The Bertz CT molecular complexity index is 1000. The van der Waals surface area contributed by atoms with Gasteiger partial charge >= 0.3 is 0 Å². The highest BCUT2D eigenvalue weighted by Crippen LogP contribution is 2.33. The van der Waals surface area contributed by atoms with Crippen molar-refractivity contribution < 1.29 is 18.3 Å². The van der Waals surface area contributed by atoms with Crippen LogP contribution in [0.15, 0.2) is 41.1 Å². The molecule has 8 heteroatoms. The number of carbonyl (C=O) groups excluding carboxylic acids is 1. The lowest BCUT2D eigenvalue weighted by atomic mass is 10.1. The molecule has 144 valence electrons. The summed E-state index contributed by atoms with van der Waals surface area (Å²) in [7, 11) is 0. The van der Waals surface area contributed by atoms with E-state index in [1.165, 1.54) is 30.5 Å². The number of rotatable bonds is 4. The Labute approximate surface area is 161 Å². The number of ether oxygens (including phenoxy) is 1. The van der Waals surface area contributed by atoms with Crippen LogP contribution in [0.3, 0.4) is 0 Å². The van der Waals surface area contributed by atoms with Crippen LogP contribution in [0.4, 0.5) is 4.39 Å². The fraction of sp³-hybridized carbons (Fsp3) is 0.300. The van der Waals surface area contributed by atoms with Crippen LogP contribution in [-0.4, -0.2) is 32.3 Å². The van der Waals surface area contributed by atoms with Gasteiger partial charge in [0.1, 0.15) is 11.6 Å². The lowest BCUT2D eigenvalue weighted by molar-refractivity contribution is 0.0697. The zero-order valence-corrected chi connectivity index (χ0v) is 15.6. The van der Waals surface area contributed by atoms with Crippen LogP contribution in [0.5, 0.6) is 11.6 Å². The van der Waals surface area contributed by atoms with Crippen molar-refractivity contribution in [2.24, 2.45) is 0 Å². The highest BCUT2D eigenvalue weighted by molar-refractivity contribution is 5.93. The number of hydrogen-bond donors (Lipinski definition) is 0. The Kier molecular flexibility index (Phi) is 4.77. The zero-order valence-electron chi connectivity index (χ0n) is 15.6. The number of aryl methyl sites for hydroxylation is 2. The summed E-state index contributed by atoms with van der Waals surface area (Å²) in [5.74, 6) is 0.926. The van der Waals surface area contributed by atoms with Crippen molar-refractivity contribution >= 4 is 5.91 Å². The molecule has 0 aliphatic carbocycles. The van der Waals surface area contributed by atoms with Gasteiger partial charge in [-0.15, -0.1) is 0 Å².